The van der Waals surface area contributed by atoms with E-state index in [1.165, 1.54) is 15.1 Å². The zero-order valence-electron chi connectivity index (χ0n) is 23.5. The quantitative estimate of drug-likeness (QED) is 0.223. The number of para-hydroxylation sites is 1. The van der Waals surface area contributed by atoms with Crippen molar-refractivity contribution in [3.8, 4) is 12.1 Å². The lowest BCUT2D eigenvalue weighted by Crippen LogP contribution is -2.32. The minimum absolute atomic E-state index is 0.0367. The fraction of sp³-hybridized carbons (Fsp3) is 0.161. The molecule has 218 valence electrons. The number of anilines is 2. The number of pyridine rings is 1. The van der Waals surface area contributed by atoms with Crippen molar-refractivity contribution < 1.29 is 12.8 Å². The van der Waals surface area contributed by atoms with Crippen molar-refractivity contribution in [2.45, 2.75) is 37.9 Å². The minimum Gasteiger partial charge on any atom is -0.459 e. The monoisotopic (exact) mass is 603 g/mol. The third-order valence-electron chi connectivity index (χ3n) is 7.27. The van der Waals surface area contributed by atoms with E-state index in [2.05, 4.69) is 38.0 Å². The molecule has 0 aliphatic rings. The standard InChI is InChI=1S/C31H25N9O3S/c1-21-26-13-12-25(17-27(26)43-28(21)19-35-24-10-8-22(18-33)9-11-24)40(20-30-36-37-38-39(30)16-4-14-32)44(41,42)29-7-2-5-23-6-3-15-34-31(23)29/h2-3,5-13,15,17,35H,4,16,19-20H2,1H3. The van der Waals surface area contributed by atoms with E-state index in [-0.39, 0.29) is 30.2 Å². The number of aromatic nitrogens is 5. The second kappa shape index (κ2) is 11.8. The molecule has 0 aliphatic carbocycles. The number of furan rings is 1. The SMILES string of the molecule is Cc1c(CNc2ccc(C#N)cc2)oc2cc(N(Cc3nnnn3CCC#N)S(=O)(=O)c3cccc4cccnc34)ccc12. The van der Waals surface area contributed by atoms with Gasteiger partial charge in [0.15, 0.2) is 5.82 Å². The number of sulfonamides is 1. The Hall–Kier alpha value is -5.79. The maximum atomic E-state index is 14.4. The van der Waals surface area contributed by atoms with Crippen LogP contribution in [0.15, 0.2) is 88.3 Å². The summed E-state index contributed by atoms with van der Waals surface area (Å²) in [6.45, 7) is 2.36. The second-order valence-electron chi connectivity index (χ2n) is 9.94. The van der Waals surface area contributed by atoms with Gasteiger partial charge in [-0.1, -0.05) is 18.2 Å². The Bertz CT molecular complexity index is 2170. The van der Waals surface area contributed by atoms with Gasteiger partial charge in [0.2, 0.25) is 0 Å². The largest absolute Gasteiger partial charge is 0.459 e. The maximum Gasteiger partial charge on any atom is 0.266 e. The zero-order chi connectivity index (χ0) is 30.7. The number of tetrazole rings is 1. The molecule has 0 spiro atoms. The number of benzene rings is 3. The van der Waals surface area contributed by atoms with E-state index in [1.54, 1.807) is 54.7 Å². The van der Waals surface area contributed by atoms with E-state index in [0.29, 0.717) is 40.0 Å². The number of nitrogens with zero attached hydrogens (tertiary/aromatic N) is 8. The van der Waals surface area contributed by atoms with Gasteiger partial charge in [-0.05, 0) is 65.9 Å². The van der Waals surface area contributed by atoms with Crippen molar-refractivity contribution in [3.63, 3.8) is 0 Å². The van der Waals surface area contributed by atoms with E-state index in [0.717, 1.165) is 16.6 Å². The van der Waals surface area contributed by atoms with Crippen molar-refractivity contribution in [2.24, 2.45) is 0 Å². The molecule has 44 heavy (non-hydrogen) atoms. The molecular formula is C31H25N9O3S. The first-order valence-corrected chi connectivity index (χ1v) is 15.1. The Labute approximate surface area is 252 Å². The highest BCUT2D eigenvalue weighted by molar-refractivity contribution is 7.93. The van der Waals surface area contributed by atoms with Crippen LogP contribution in [0.2, 0.25) is 0 Å². The molecule has 0 saturated heterocycles. The molecule has 6 aromatic rings. The van der Waals surface area contributed by atoms with Crippen molar-refractivity contribution in [1.82, 2.24) is 25.2 Å². The first-order chi connectivity index (χ1) is 21.4. The number of nitriles is 2. The highest BCUT2D eigenvalue weighted by Crippen LogP contribution is 2.34. The van der Waals surface area contributed by atoms with Crippen LogP contribution >= 0.6 is 0 Å². The summed E-state index contributed by atoms with van der Waals surface area (Å²) < 4.78 is 37.7. The van der Waals surface area contributed by atoms with Crippen LogP contribution < -0.4 is 9.62 Å². The van der Waals surface area contributed by atoms with Gasteiger partial charge in [0.25, 0.3) is 10.0 Å². The summed E-state index contributed by atoms with van der Waals surface area (Å²) in [7, 11) is -4.20. The molecule has 12 nitrogen and oxygen atoms in total. The summed E-state index contributed by atoms with van der Waals surface area (Å²) in [4.78, 5) is 4.41. The molecule has 0 unspecified atom stereocenters. The van der Waals surface area contributed by atoms with Gasteiger partial charge in [-0.15, -0.1) is 5.10 Å². The Balaban J connectivity index is 1.40. The molecule has 0 aliphatic heterocycles. The number of rotatable bonds is 10. The van der Waals surface area contributed by atoms with E-state index in [9.17, 15) is 8.42 Å². The number of aryl methyl sites for hydroxylation is 2. The first-order valence-electron chi connectivity index (χ1n) is 13.6. The van der Waals surface area contributed by atoms with Gasteiger partial charge in [0, 0.05) is 34.3 Å². The third-order valence-corrected chi connectivity index (χ3v) is 9.07. The van der Waals surface area contributed by atoms with Crippen LogP contribution in [0.25, 0.3) is 21.9 Å². The number of nitrogens with one attached hydrogen (secondary N) is 1. The fourth-order valence-electron chi connectivity index (χ4n) is 4.95. The summed E-state index contributed by atoms with van der Waals surface area (Å²) in [5.74, 6) is 0.967. The summed E-state index contributed by atoms with van der Waals surface area (Å²) in [6, 6.07) is 25.1. The summed E-state index contributed by atoms with van der Waals surface area (Å²) in [6.07, 6.45) is 1.72. The molecule has 0 saturated carbocycles. The van der Waals surface area contributed by atoms with Crippen LogP contribution in [0.3, 0.4) is 0 Å². The van der Waals surface area contributed by atoms with E-state index < -0.39 is 10.0 Å². The molecule has 3 aromatic carbocycles. The molecule has 3 heterocycles. The second-order valence-corrected chi connectivity index (χ2v) is 11.8. The predicted octanol–water partition coefficient (Wildman–Crippen LogP) is 5.07. The summed E-state index contributed by atoms with van der Waals surface area (Å²) >= 11 is 0. The maximum absolute atomic E-state index is 14.4. The van der Waals surface area contributed by atoms with Gasteiger partial charge in [-0.3, -0.25) is 9.29 Å². The Morgan fingerprint density at radius 2 is 1.86 bits per heavy atom. The van der Waals surface area contributed by atoms with Crippen LogP contribution in [0.5, 0.6) is 0 Å². The number of hydrogen-bond donors (Lipinski definition) is 1. The summed E-state index contributed by atoms with van der Waals surface area (Å²) in [5, 5.41) is 34.7. The molecule has 13 heteroatoms. The van der Waals surface area contributed by atoms with Gasteiger partial charge in [-0.25, -0.2) is 13.1 Å². The van der Waals surface area contributed by atoms with E-state index in [1.807, 2.05) is 25.1 Å². The summed E-state index contributed by atoms with van der Waals surface area (Å²) in [5.41, 5.74) is 3.52. The first kappa shape index (κ1) is 28.3. The van der Waals surface area contributed by atoms with Gasteiger partial charge < -0.3 is 9.73 Å². The van der Waals surface area contributed by atoms with Crippen LogP contribution in [-0.2, 0) is 29.7 Å². The van der Waals surface area contributed by atoms with Crippen molar-refractivity contribution in [1.29, 1.82) is 10.5 Å². The molecule has 0 amide bonds. The smallest absolute Gasteiger partial charge is 0.266 e. The fourth-order valence-corrected chi connectivity index (χ4v) is 6.53. The number of hydrogen-bond acceptors (Lipinski definition) is 10. The zero-order valence-corrected chi connectivity index (χ0v) is 24.4. The van der Waals surface area contributed by atoms with Crippen molar-refractivity contribution in [3.05, 3.63) is 102 Å². The average molecular weight is 604 g/mol. The van der Waals surface area contributed by atoms with Crippen LogP contribution in [0.1, 0.15) is 29.1 Å². The van der Waals surface area contributed by atoms with E-state index >= 15 is 0 Å². The topological polar surface area (TPSA) is 167 Å². The van der Waals surface area contributed by atoms with Crippen LogP contribution in [0.4, 0.5) is 11.4 Å². The lowest BCUT2D eigenvalue weighted by atomic mass is 10.1. The van der Waals surface area contributed by atoms with Gasteiger partial charge in [0.05, 0.1) is 55.0 Å². The molecule has 1 N–H and O–H groups in total. The van der Waals surface area contributed by atoms with Gasteiger partial charge in [-0.2, -0.15) is 10.5 Å². The van der Waals surface area contributed by atoms with Crippen molar-refractivity contribution in [2.75, 3.05) is 9.62 Å². The van der Waals surface area contributed by atoms with Crippen LogP contribution in [0, 0.1) is 29.6 Å². The molecule has 0 radical (unpaired) electrons. The Morgan fingerprint density at radius 3 is 2.66 bits per heavy atom. The van der Waals surface area contributed by atoms with Crippen molar-refractivity contribution >= 4 is 43.3 Å². The molecule has 0 atom stereocenters. The van der Waals surface area contributed by atoms with E-state index in [4.69, 9.17) is 14.9 Å². The predicted molar refractivity (Wildman–Crippen MR) is 163 cm³/mol. The highest BCUT2D eigenvalue weighted by Gasteiger charge is 2.30. The molecule has 0 bridgehead atoms. The van der Waals surface area contributed by atoms with Gasteiger partial charge >= 0.3 is 0 Å². The third kappa shape index (κ3) is 5.40. The Morgan fingerprint density at radius 1 is 1.05 bits per heavy atom. The normalized spacial score (nSPS) is 11.3. The van der Waals surface area contributed by atoms with Gasteiger partial charge in [0.1, 0.15) is 16.2 Å². The lowest BCUT2D eigenvalue weighted by Gasteiger charge is -2.24. The average Bonchev–Trinajstić information content (AvgIpc) is 3.63. The molecule has 3 aromatic heterocycles. The minimum atomic E-state index is -4.20. The molecule has 0 fully saturated rings. The molecular weight excluding hydrogens is 578 g/mol. The lowest BCUT2D eigenvalue weighted by molar-refractivity contribution is 0.555. The number of fused-ring (bicyclic) bond motifs is 2. The highest BCUT2D eigenvalue weighted by atomic mass is 32.2. The Kier molecular flexibility index (Phi) is 7.62. The van der Waals surface area contributed by atoms with Crippen LogP contribution in [-0.4, -0.2) is 33.6 Å². The molecule has 6 rings (SSSR count).